The van der Waals surface area contributed by atoms with Gasteiger partial charge in [-0.15, -0.1) is 0 Å². The average molecular weight is 758 g/mol. The zero-order valence-corrected chi connectivity index (χ0v) is 32.2. The molecule has 0 unspecified atom stereocenters. The Morgan fingerprint density at radius 2 is 1.44 bits per heavy atom. The lowest BCUT2D eigenvalue weighted by molar-refractivity contribution is -0.437. The van der Waals surface area contributed by atoms with E-state index in [0.717, 1.165) is 22.5 Å². The molecule has 0 fully saturated rings. The van der Waals surface area contributed by atoms with Gasteiger partial charge >= 0.3 is 5.97 Å². The van der Waals surface area contributed by atoms with Crippen LogP contribution in [0.1, 0.15) is 122 Å². The average Bonchev–Trinajstić information content (AvgIpc) is 3.38. The van der Waals surface area contributed by atoms with Crippen LogP contribution in [0.3, 0.4) is 0 Å². The summed E-state index contributed by atoms with van der Waals surface area (Å²) < 4.78 is 67.4. The summed E-state index contributed by atoms with van der Waals surface area (Å²) >= 11 is 0. The highest BCUT2D eigenvalue weighted by Crippen LogP contribution is 2.50. The summed E-state index contributed by atoms with van der Waals surface area (Å²) in [5.74, 6) is -2.24. The molecule has 52 heavy (non-hydrogen) atoms. The lowest BCUT2D eigenvalue weighted by Crippen LogP contribution is -2.29. The quantitative estimate of drug-likeness (QED) is 0.0906. The summed E-state index contributed by atoms with van der Waals surface area (Å²) in [4.78, 5) is 40.6. The van der Waals surface area contributed by atoms with Crippen molar-refractivity contribution < 1.29 is 50.0 Å². The summed E-state index contributed by atoms with van der Waals surface area (Å²) in [5.41, 5.74) is 3.69. The van der Waals surface area contributed by atoms with E-state index in [1.54, 1.807) is 24.3 Å². The number of carbonyl (C=O) groups excluding carboxylic acids is 2. The van der Waals surface area contributed by atoms with E-state index >= 15 is 0 Å². The molecule has 2 aromatic carbocycles. The van der Waals surface area contributed by atoms with Gasteiger partial charge in [0.2, 0.25) is 5.69 Å². The summed E-state index contributed by atoms with van der Waals surface area (Å²) in [7, 11) is -8.48. The molecule has 14 heteroatoms. The number of hydrogen-bond acceptors (Lipinski definition) is 8. The van der Waals surface area contributed by atoms with E-state index in [1.807, 2.05) is 69.2 Å². The van der Waals surface area contributed by atoms with Gasteiger partial charge < -0.3 is 10.0 Å². The van der Waals surface area contributed by atoms with Crippen LogP contribution in [0.2, 0.25) is 0 Å². The lowest BCUT2D eigenvalue weighted by Gasteiger charge is -2.27. The summed E-state index contributed by atoms with van der Waals surface area (Å²) in [5, 5.41) is 9.70. The van der Waals surface area contributed by atoms with Crippen molar-refractivity contribution in [1.29, 1.82) is 0 Å². The fourth-order valence-corrected chi connectivity index (χ4v) is 8.32. The molecule has 0 spiro atoms. The number of rotatable bonds is 17. The molecule has 0 saturated carbocycles. The number of Topliss-reactive ketones (excluding diaryl/α,β-unsaturated/α-hetero) is 2. The molecule has 0 saturated heterocycles. The van der Waals surface area contributed by atoms with Crippen LogP contribution in [-0.4, -0.2) is 83.5 Å². The minimum Gasteiger partial charge on any atom is -0.478 e. The van der Waals surface area contributed by atoms with Crippen molar-refractivity contribution in [3.05, 3.63) is 82.1 Å². The van der Waals surface area contributed by atoms with Crippen LogP contribution in [-0.2, 0) is 31.1 Å². The molecular formula is C38H49N2O10S2+. The van der Waals surface area contributed by atoms with Gasteiger partial charge in [-0.1, -0.05) is 33.8 Å². The molecule has 0 bridgehead atoms. The first-order valence-corrected chi connectivity index (χ1v) is 20.7. The molecular weight excluding hydrogens is 709 g/mol. The standard InChI is InChI=1S/C38H48N2O10S2/c1-7-12-31(41)26-22-27(32(42)13-8-2)35-30(24-26)40(19-11-21-52(48,49)50)34(38(35,5)6)15-9-14-33-37(3,4)28-23-25(36(43)44)16-17-29(28)39(33)18-10-20-51(45,46)47/h9,14-17,22-24H,7-8,10-13,18-21H2,1-6H3,(H2-,43,44,45,46,47,48,49,50)/p+1. The van der Waals surface area contributed by atoms with Crippen LogP contribution in [0.4, 0.5) is 11.4 Å². The van der Waals surface area contributed by atoms with E-state index < -0.39 is 48.5 Å². The van der Waals surface area contributed by atoms with Gasteiger partial charge in [0.15, 0.2) is 17.3 Å². The van der Waals surface area contributed by atoms with Crippen LogP contribution in [0.5, 0.6) is 0 Å². The van der Waals surface area contributed by atoms with Crippen LogP contribution < -0.4 is 4.90 Å². The Labute approximate surface area is 306 Å². The predicted octanol–water partition coefficient (Wildman–Crippen LogP) is 6.52. The van der Waals surface area contributed by atoms with Crippen molar-refractivity contribution in [2.45, 2.75) is 90.9 Å². The van der Waals surface area contributed by atoms with Crippen molar-refractivity contribution in [2.75, 3.05) is 29.5 Å². The van der Waals surface area contributed by atoms with Gasteiger partial charge in [-0.3, -0.25) is 18.7 Å². The molecule has 282 valence electrons. The fourth-order valence-electron chi connectivity index (χ4n) is 7.33. The number of hydrogen-bond donors (Lipinski definition) is 3. The molecule has 4 rings (SSSR count). The Morgan fingerprint density at radius 3 is 2.04 bits per heavy atom. The molecule has 0 aliphatic carbocycles. The molecule has 2 aromatic rings. The number of ketones is 2. The van der Waals surface area contributed by atoms with Crippen molar-refractivity contribution in [3.8, 4) is 0 Å². The third kappa shape index (κ3) is 8.79. The highest BCUT2D eigenvalue weighted by atomic mass is 32.2. The molecule has 0 amide bonds. The van der Waals surface area contributed by atoms with E-state index in [4.69, 9.17) is 0 Å². The normalized spacial score (nSPS) is 17.2. The Kier molecular flexibility index (Phi) is 12.2. The molecule has 2 aliphatic rings. The van der Waals surface area contributed by atoms with E-state index in [-0.39, 0.29) is 49.5 Å². The van der Waals surface area contributed by atoms with Gasteiger partial charge in [0, 0.05) is 71.4 Å². The number of carbonyl (C=O) groups is 3. The maximum Gasteiger partial charge on any atom is 0.335 e. The number of nitrogens with zero attached hydrogens (tertiary/aromatic N) is 2. The SMILES string of the molecule is CCCC(=O)c1cc(C(=O)CCC)c2c(c1)N(CCCS(=O)(=O)O)C(=CC=CC1=[N+](CCCS(=O)(=O)O)c3ccc(C(=O)O)cc3C1(C)C)C2(C)C. The second-order valence-corrected chi connectivity index (χ2v) is 17.6. The first-order chi connectivity index (χ1) is 24.1. The number of carboxylic acid groups (broad SMARTS) is 1. The van der Waals surface area contributed by atoms with Gasteiger partial charge in [0.05, 0.1) is 22.5 Å². The second kappa shape index (κ2) is 15.6. The highest BCUT2D eigenvalue weighted by Gasteiger charge is 2.46. The first-order valence-electron chi connectivity index (χ1n) is 17.5. The minimum atomic E-state index is -4.26. The van der Waals surface area contributed by atoms with E-state index in [9.17, 15) is 45.4 Å². The van der Waals surface area contributed by atoms with Crippen molar-refractivity contribution in [1.82, 2.24) is 0 Å². The number of aromatic carboxylic acids is 1. The maximum absolute atomic E-state index is 13.6. The van der Waals surface area contributed by atoms with Gasteiger partial charge in [0.25, 0.3) is 20.2 Å². The van der Waals surface area contributed by atoms with Gasteiger partial charge in [-0.05, 0) is 69.0 Å². The topological polar surface area (TPSA) is 186 Å². The third-order valence-corrected chi connectivity index (χ3v) is 11.4. The van der Waals surface area contributed by atoms with E-state index in [0.29, 0.717) is 41.8 Å². The number of fused-ring (bicyclic) bond motifs is 2. The number of anilines is 1. The number of carboxylic acids is 1. The molecule has 3 N–H and O–H groups in total. The summed E-state index contributed by atoms with van der Waals surface area (Å²) in [6.45, 7) is 12.0. The van der Waals surface area contributed by atoms with E-state index in [1.165, 1.54) is 6.07 Å². The second-order valence-electron chi connectivity index (χ2n) is 14.4. The largest absolute Gasteiger partial charge is 0.478 e. The lowest BCUT2D eigenvalue weighted by atomic mass is 9.78. The van der Waals surface area contributed by atoms with Gasteiger partial charge in [-0.25, -0.2) is 4.79 Å². The molecule has 12 nitrogen and oxygen atoms in total. The van der Waals surface area contributed by atoms with Crippen molar-refractivity contribution >= 4 is 54.9 Å². The van der Waals surface area contributed by atoms with Crippen molar-refractivity contribution in [3.63, 3.8) is 0 Å². The monoisotopic (exact) mass is 757 g/mol. The zero-order valence-electron chi connectivity index (χ0n) is 30.6. The fraction of sp³-hybridized carbons (Fsp3) is 0.474. The Hall–Kier alpha value is -3.98. The predicted molar refractivity (Wildman–Crippen MR) is 201 cm³/mol. The van der Waals surface area contributed by atoms with Crippen LogP contribution in [0, 0.1) is 0 Å². The molecule has 0 aromatic heterocycles. The maximum atomic E-state index is 13.6. The van der Waals surface area contributed by atoms with Crippen LogP contribution in [0.25, 0.3) is 0 Å². The first kappa shape index (κ1) is 40.8. The molecule has 0 atom stereocenters. The van der Waals surface area contributed by atoms with Gasteiger partial charge in [-0.2, -0.15) is 21.4 Å². The number of benzene rings is 2. The Morgan fingerprint density at radius 1 is 0.827 bits per heavy atom. The van der Waals surface area contributed by atoms with Gasteiger partial charge in [0.1, 0.15) is 6.54 Å². The van der Waals surface area contributed by atoms with Crippen molar-refractivity contribution in [2.24, 2.45) is 0 Å². The molecule has 0 radical (unpaired) electrons. The Bertz CT molecular complexity index is 2090. The number of allylic oxidation sites excluding steroid dienone is 4. The Balaban J connectivity index is 1.90. The molecule has 2 aliphatic heterocycles. The zero-order chi connectivity index (χ0) is 38.8. The summed E-state index contributed by atoms with van der Waals surface area (Å²) in [6, 6.07) is 8.22. The third-order valence-electron chi connectivity index (χ3n) is 9.76. The minimum absolute atomic E-state index is 0.0634. The molecule has 2 heterocycles. The van der Waals surface area contributed by atoms with Crippen LogP contribution >= 0.6 is 0 Å². The summed E-state index contributed by atoms with van der Waals surface area (Å²) in [6.07, 6.45) is 7.50. The smallest absolute Gasteiger partial charge is 0.335 e. The van der Waals surface area contributed by atoms with E-state index in [2.05, 4.69) is 0 Å². The van der Waals surface area contributed by atoms with Crippen LogP contribution in [0.15, 0.2) is 54.3 Å². The highest BCUT2D eigenvalue weighted by molar-refractivity contribution is 7.86.